The molecule has 33 heavy (non-hydrogen) atoms. The highest BCUT2D eigenvalue weighted by atomic mass is 19.4. The van der Waals surface area contributed by atoms with Crippen LogP contribution in [0, 0.1) is 5.92 Å². The second-order valence-corrected chi connectivity index (χ2v) is 7.63. The van der Waals surface area contributed by atoms with Crippen LogP contribution in [-0.2, 0) is 0 Å². The minimum atomic E-state index is -7.97. The van der Waals surface area contributed by atoms with Crippen molar-refractivity contribution in [2.45, 2.75) is 75.0 Å². The molecule has 0 bridgehead atoms. The molecule has 0 heterocycles. The van der Waals surface area contributed by atoms with E-state index in [1.165, 1.54) is 12.1 Å². The molecule has 1 N–H and O–H groups in total. The highest BCUT2D eigenvalue weighted by molar-refractivity contribution is 5.28. The highest BCUT2D eigenvalue weighted by Gasteiger charge is 2.91. The van der Waals surface area contributed by atoms with Crippen molar-refractivity contribution in [3.05, 3.63) is 35.4 Å². The van der Waals surface area contributed by atoms with Crippen molar-refractivity contribution in [2.24, 2.45) is 5.92 Å². The third-order valence-corrected chi connectivity index (χ3v) is 5.44. The van der Waals surface area contributed by atoms with Crippen LogP contribution in [-0.4, -0.2) is 40.9 Å². The Balaban J connectivity index is 3.47. The predicted molar refractivity (Wildman–Crippen MR) is 90.1 cm³/mol. The molecule has 0 saturated heterocycles. The van der Waals surface area contributed by atoms with E-state index in [2.05, 4.69) is 0 Å². The molecule has 1 rings (SSSR count). The van der Waals surface area contributed by atoms with Crippen LogP contribution in [0.5, 0.6) is 0 Å². The van der Waals surface area contributed by atoms with E-state index in [9.17, 15) is 62.2 Å². The number of rotatable bonds is 9. The molecule has 3 unspecified atom stereocenters. The van der Waals surface area contributed by atoms with Gasteiger partial charge in [-0.1, -0.05) is 45.0 Å². The van der Waals surface area contributed by atoms with Crippen LogP contribution in [0.2, 0.25) is 0 Å². The van der Waals surface area contributed by atoms with E-state index >= 15 is 0 Å². The Labute approximate surface area is 179 Å². The molecule has 0 fully saturated rings. The number of alkyl halides is 13. The summed E-state index contributed by atoms with van der Waals surface area (Å²) in [5.74, 6) is -41.0. The van der Waals surface area contributed by atoms with Gasteiger partial charge >= 0.3 is 35.8 Å². The zero-order chi connectivity index (χ0) is 26.4. The maximum atomic E-state index is 14.3. The summed E-state index contributed by atoms with van der Waals surface area (Å²) in [4.78, 5) is 0. The molecule has 1 nitrogen and oxygen atoms in total. The van der Waals surface area contributed by atoms with Gasteiger partial charge in [-0.2, -0.15) is 57.1 Å². The zero-order valence-electron chi connectivity index (χ0n) is 17.1. The van der Waals surface area contributed by atoms with Gasteiger partial charge in [0, 0.05) is 0 Å². The quantitative estimate of drug-likeness (QED) is 0.339. The monoisotopic (exact) mass is 510 g/mol. The number of hydrogen-bond acceptors (Lipinski definition) is 1. The van der Waals surface area contributed by atoms with Crippen molar-refractivity contribution < 1.29 is 62.2 Å². The van der Waals surface area contributed by atoms with E-state index in [0.717, 1.165) is 12.1 Å². The van der Waals surface area contributed by atoms with Crippen molar-refractivity contribution in [1.82, 2.24) is 0 Å². The van der Waals surface area contributed by atoms with E-state index in [4.69, 9.17) is 0 Å². The molecule has 14 heteroatoms. The van der Waals surface area contributed by atoms with Gasteiger partial charge in [-0.25, -0.2) is 0 Å². The SMILES string of the molecule is CCC(C)c1cccc(C(O)C(C)C(F)(F)C(F)(F)C(F)(F)C(F)(F)C(F)(F)C(F)(F)F)c1. The first kappa shape index (κ1) is 29.3. The van der Waals surface area contributed by atoms with Gasteiger partial charge in [-0.3, -0.25) is 0 Å². The molecule has 0 aromatic heterocycles. The molecule has 1 aromatic carbocycles. The smallest absolute Gasteiger partial charge is 0.388 e. The standard InChI is InChI=1S/C19H19F13O/c1-4-9(2)11-6-5-7-12(8-11)13(33)10(3)14(20,21)15(22,23)16(24,25)17(26,27)18(28,29)19(30,31)32/h5-10,13,33H,4H2,1-3H3. The summed E-state index contributed by atoms with van der Waals surface area (Å²) in [6.07, 6.45) is -9.67. The van der Waals surface area contributed by atoms with Crippen molar-refractivity contribution >= 4 is 0 Å². The lowest BCUT2D eigenvalue weighted by Crippen LogP contribution is -2.71. The predicted octanol–water partition coefficient (Wildman–Crippen LogP) is 7.61. The van der Waals surface area contributed by atoms with Crippen LogP contribution in [0.25, 0.3) is 0 Å². The maximum Gasteiger partial charge on any atom is 0.460 e. The molecule has 0 spiro atoms. The fourth-order valence-corrected chi connectivity index (χ4v) is 2.84. The van der Waals surface area contributed by atoms with Crippen molar-refractivity contribution in [2.75, 3.05) is 0 Å². The number of hydrogen-bond donors (Lipinski definition) is 1. The molecular weight excluding hydrogens is 491 g/mol. The number of aliphatic hydroxyl groups is 1. The Hall–Kier alpha value is -1.73. The van der Waals surface area contributed by atoms with Gasteiger partial charge in [-0.15, -0.1) is 0 Å². The third kappa shape index (κ3) is 4.51. The fraction of sp³-hybridized carbons (Fsp3) is 0.684. The molecule has 0 aliphatic heterocycles. The Kier molecular flexibility index (Phi) is 7.82. The lowest BCUT2D eigenvalue weighted by Gasteiger charge is -2.42. The van der Waals surface area contributed by atoms with E-state index in [1.807, 2.05) is 0 Å². The molecule has 192 valence electrons. The molecular formula is C19H19F13O. The first-order chi connectivity index (χ1) is 14.5. The van der Waals surface area contributed by atoms with Gasteiger partial charge < -0.3 is 5.11 Å². The Morgan fingerprint density at radius 1 is 0.697 bits per heavy atom. The first-order valence-corrected chi connectivity index (χ1v) is 9.26. The Morgan fingerprint density at radius 3 is 1.55 bits per heavy atom. The van der Waals surface area contributed by atoms with Crippen LogP contribution < -0.4 is 0 Å². The third-order valence-electron chi connectivity index (χ3n) is 5.44. The average molecular weight is 510 g/mol. The first-order valence-electron chi connectivity index (χ1n) is 9.26. The lowest BCUT2D eigenvalue weighted by atomic mass is 9.83. The normalized spacial score (nSPS) is 17.6. The molecule has 0 amide bonds. The second-order valence-electron chi connectivity index (χ2n) is 7.63. The molecule has 0 aliphatic rings. The van der Waals surface area contributed by atoms with E-state index < -0.39 is 53.4 Å². The van der Waals surface area contributed by atoms with Gasteiger partial charge in [0.05, 0.1) is 12.0 Å². The Morgan fingerprint density at radius 2 is 1.12 bits per heavy atom. The van der Waals surface area contributed by atoms with Gasteiger partial charge in [0.15, 0.2) is 0 Å². The van der Waals surface area contributed by atoms with Crippen LogP contribution in [0.4, 0.5) is 57.1 Å². The summed E-state index contributed by atoms with van der Waals surface area (Å²) in [6, 6.07) is 4.62. The van der Waals surface area contributed by atoms with Gasteiger partial charge in [-0.05, 0) is 23.5 Å². The van der Waals surface area contributed by atoms with Crippen LogP contribution in [0.1, 0.15) is 50.3 Å². The minimum absolute atomic E-state index is 0.0324. The average Bonchev–Trinajstić information content (AvgIpc) is 2.70. The van der Waals surface area contributed by atoms with Gasteiger partial charge in [0.25, 0.3) is 0 Å². The van der Waals surface area contributed by atoms with Crippen LogP contribution in [0.15, 0.2) is 24.3 Å². The fourth-order valence-electron chi connectivity index (χ4n) is 2.84. The van der Waals surface area contributed by atoms with Crippen molar-refractivity contribution in [1.29, 1.82) is 0 Å². The highest BCUT2D eigenvalue weighted by Crippen LogP contribution is 2.62. The topological polar surface area (TPSA) is 20.2 Å². The molecule has 0 saturated carbocycles. The summed E-state index contributed by atoms with van der Waals surface area (Å²) in [5, 5.41) is 10.1. The molecule has 3 atom stereocenters. The summed E-state index contributed by atoms with van der Waals surface area (Å²) in [7, 11) is 0. The number of aliphatic hydroxyl groups excluding tert-OH is 1. The summed E-state index contributed by atoms with van der Waals surface area (Å²) < 4.78 is 173. The van der Waals surface area contributed by atoms with Crippen LogP contribution in [0.3, 0.4) is 0 Å². The van der Waals surface area contributed by atoms with E-state index in [0.29, 0.717) is 12.0 Å². The second kappa shape index (κ2) is 8.81. The minimum Gasteiger partial charge on any atom is -0.388 e. The summed E-state index contributed by atoms with van der Waals surface area (Å²) in [5.41, 5.74) is -0.121. The number of halogens is 13. The van der Waals surface area contributed by atoms with Crippen molar-refractivity contribution in [3.63, 3.8) is 0 Å². The zero-order valence-corrected chi connectivity index (χ0v) is 17.1. The molecule has 1 aromatic rings. The largest absolute Gasteiger partial charge is 0.460 e. The van der Waals surface area contributed by atoms with E-state index in [1.54, 1.807) is 13.8 Å². The van der Waals surface area contributed by atoms with Gasteiger partial charge in [0.2, 0.25) is 0 Å². The summed E-state index contributed by atoms with van der Waals surface area (Å²) in [6.45, 7) is 3.40. The van der Waals surface area contributed by atoms with E-state index in [-0.39, 0.29) is 12.8 Å². The number of benzene rings is 1. The molecule has 0 radical (unpaired) electrons. The lowest BCUT2D eigenvalue weighted by molar-refractivity contribution is -0.444. The van der Waals surface area contributed by atoms with Gasteiger partial charge in [0.1, 0.15) is 0 Å². The van der Waals surface area contributed by atoms with Crippen LogP contribution >= 0.6 is 0 Å². The van der Waals surface area contributed by atoms with Crippen molar-refractivity contribution in [3.8, 4) is 0 Å². The molecule has 0 aliphatic carbocycles. The Bertz CT molecular complexity index is 816. The maximum absolute atomic E-state index is 14.3. The summed E-state index contributed by atoms with van der Waals surface area (Å²) >= 11 is 0.